The van der Waals surface area contributed by atoms with Gasteiger partial charge in [0, 0.05) is 51.4 Å². The Bertz CT molecular complexity index is 695. The predicted molar refractivity (Wildman–Crippen MR) is 110 cm³/mol. The van der Waals surface area contributed by atoms with Crippen LogP contribution in [-0.2, 0) is 4.74 Å². The SMILES string of the molecule is COCCCOc1cc(C(=O)N(C[C@@H]2CCN(C(N)=O)C2)C(C)C)ccc1OC. The van der Waals surface area contributed by atoms with Gasteiger partial charge in [-0.25, -0.2) is 4.79 Å². The molecule has 1 aliphatic heterocycles. The highest BCUT2D eigenvalue weighted by Gasteiger charge is 2.29. The normalized spacial score (nSPS) is 16.2. The molecule has 1 saturated heterocycles. The van der Waals surface area contributed by atoms with E-state index in [1.54, 1.807) is 37.3 Å². The molecule has 0 aromatic heterocycles. The van der Waals surface area contributed by atoms with Crippen molar-refractivity contribution in [2.45, 2.75) is 32.7 Å². The lowest BCUT2D eigenvalue weighted by atomic mass is 10.1. The molecule has 162 valence electrons. The van der Waals surface area contributed by atoms with Gasteiger partial charge in [-0.15, -0.1) is 0 Å². The minimum absolute atomic E-state index is 0.0262. The Morgan fingerprint density at radius 2 is 2.00 bits per heavy atom. The van der Waals surface area contributed by atoms with Crippen LogP contribution >= 0.6 is 0 Å². The van der Waals surface area contributed by atoms with Gasteiger partial charge >= 0.3 is 6.03 Å². The first-order valence-corrected chi connectivity index (χ1v) is 10.0. The molecule has 8 heteroatoms. The summed E-state index contributed by atoms with van der Waals surface area (Å²) < 4.78 is 16.2. The molecule has 1 aromatic carbocycles. The van der Waals surface area contributed by atoms with Crippen LogP contribution in [0.2, 0.25) is 0 Å². The van der Waals surface area contributed by atoms with Crippen LogP contribution in [0.1, 0.15) is 37.0 Å². The van der Waals surface area contributed by atoms with Gasteiger partial charge in [-0.1, -0.05) is 0 Å². The molecule has 1 heterocycles. The molecule has 0 saturated carbocycles. The number of nitrogens with two attached hydrogens (primary N) is 1. The van der Waals surface area contributed by atoms with Crippen molar-refractivity contribution in [2.75, 3.05) is 47.1 Å². The topological polar surface area (TPSA) is 94.3 Å². The fraction of sp³-hybridized carbons (Fsp3) is 0.619. The van der Waals surface area contributed by atoms with Crippen LogP contribution in [0.4, 0.5) is 4.79 Å². The summed E-state index contributed by atoms with van der Waals surface area (Å²) in [7, 11) is 3.22. The highest BCUT2D eigenvalue weighted by atomic mass is 16.5. The summed E-state index contributed by atoms with van der Waals surface area (Å²) >= 11 is 0. The molecule has 0 spiro atoms. The van der Waals surface area contributed by atoms with Crippen molar-refractivity contribution in [2.24, 2.45) is 11.7 Å². The first-order chi connectivity index (χ1) is 13.9. The maximum atomic E-state index is 13.2. The second-order valence-electron chi connectivity index (χ2n) is 7.55. The zero-order valence-electron chi connectivity index (χ0n) is 17.8. The molecule has 0 aliphatic carbocycles. The second-order valence-corrected chi connectivity index (χ2v) is 7.55. The zero-order chi connectivity index (χ0) is 21.4. The summed E-state index contributed by atoms with van der Waals surface area (Å²) in [5, 5.41) is 0. The molecule has 1 aromatic rings. The van der Waals surface area contributed by atoms with Gasteiger partial charge in [-0.3, -0.25) is 4.79 Å². The fourth-order valence-electron chi connectivity index (χ4n) is 3.46. The lowest BCUT2D eigenvalue weighted by Gasteiger charge is -2.30. The number of hydrogen-bond acceptors (Lipinski definition) is 5. The number of likely N-dealkylation sites (tertiary alicyclic amines) is 1. The molecule has 0 radical (unpaired) electrons. The second kappa shape index (κ2) is 10.9. The van der Waals surface area contributed by atoms with Gasteiger partial charge in [0.2, 0.25) is 0 Å². The Kier molecular flexibility index (Phi) is 8.57. The number of primary amides is 1. The average Bonchev–Trinajstić information content (AvgIpc) is 3.17. The standard InChI is InChI=1S/C21H33N3O5/c1-15(2)24(14-16-8-9-23(13-16)21(22)26)20(25)17-6-7-18(28-4)19(12-17)29-11-5-10-27-3/h6-7,12,15-16H,5,8-11,13-14H2,1-4H3,(H2,22,26)/t16-/m1/s1. The molecule has 1 atom stereocenters. The van der Waals surface area contributed by atoms with E-state index in [0.29, 0.717) is 49.9 Å². The van der Waals surface area contributed by atoms with E-state index in [4.69, 9.17) is 19.9 Å². The van der Waals surface area contributed by atoms with Crippen molar-refractivity contribution in [3.8, 4) is 11.5 Å². The zero-order valence-corrected chi connectivity index (χ0v) is 17.8. The van der Waals surface area contributed by atoms with Crippen LogP contribution in [-0.4, -0.2) is 74.8 Å². The Hall–Kier alpha value is -2.48. The number of urea groups is 1. The third-order valence-electron chi connectivity index (χ3n) is 5.10. The number of rotatable bonds is 10. The number of carbonyl (C=O) groups is 2. The molecule has 2 rings (SSSR count). The third kappa shape index (κ3) is 6.25. The highest BCUT2D eigenvalue weighted by molar-refractivity contribution is 5.95. The fourth-order valence-corrected chi connectivity index (χ4v) is 3.46. The molecule has 2 N–H and O–H groups in total. The van der Waals surface area contributed by atoms with Crippen LogP contribution in [0, 0.1) is 5.92 Å². The number of nitrogens with zero attached hydrogens (tertiary/aromatic N) is 2. The van der Waals surface area contributed by atoms with Gasteiger partial charge in [-0.05, 0) is 44.4 Å². The molecular weight excluding hydrogens is 374 g/mol. The maximum Gasteiger partial charge on any atom is 0.314 e. The van der Waals surface area contributed by atoms with Crippen LogP contribution in [0.25, 0.3) is 0 Å². The van der Waals surface area contributed by atoms with Gasteiger partial charge in [0.15, 0.2) is 11.5 Å². The van der Waals surface area contributed by atoms with E-state index in [1.165, 1.54) is 0 Å². The van der Waals surface area contributed by atoms with E-state index in [-0.39, 0.29) is 17.9 Å². The van der Waals surface area contributed by atoms with E-state index >= 15 is 0 Å². The first-order valence-electron chi connectivity index (χ1n) is 10.0. The monoisotopic (exact) mass is 407 g/mol. The van der Waals surface area contributed by atoms with Crippen molar-refractivity contribution in [3.63, 3.8) is 0 Å². The van der Waals surface area contributed by atoms with Crippen molar-refractivity contribution < 1.29 is 23.8 Å². The smallest absolute Gasteiger partial charge is 0.314 e. The molecule has 29 heavy (non-hydrogen) atoms. The van der Waals surface area contributed by atoms with Gasteiger partial charge in [0.25, 0.3) is 5.91 Å². The molecule has 3 amide bonds. The van der Waals surface area contributed by atoms with E-state index in [1.807, 2.05) is 18.7 Å². The average molecular weight is 408 g/mol. The number of hydrogen-bond donors (Lipinski definition) is 1. The largest absolute Gasteiger partial charge is 0.493 e. The third-order valence-corrected chi connectivity index (χ3v) is 5.10. The van der Waals surface area contributed by atoms with E-state index < -0.39 is 6.03 Å². The maximum absolute atomic E-state index is 13.2. The lowest BCUT2D eigenvalue weighted by molar-refractivity contribution is 0.0674. The van der Waals surface area contributed by atoms with Crippen LogP contribution < -0.4 is 15.2 Å². The van der Waals surface area contributed by atoms with Crippen molar-refractivity contribution in [3.05, 3.63) is 23.8 Å². The van der Waals surface area contributed by atoms with Gasteiger partial charge in [0.05, 0.1) is 13.7 Å². The molecular formula is C21H33N3O5. The van der Waals surface area contributed by atoms with Crippen LogP contribution in [0.5, 0.6) is 11.5 Å². The van der Waals surface area contributed by atoms with Crippen molar-refractivity contribution >= 4 is 11.9 Å². The predicted octanol–water partition coefficient (Wildman–Crippen LogP) is 2.36. The van der Waals surface area contributed by atoms with Crippen LogP contribution in [0.3, 0.4) is 0 Å². The van der Waals surface area contributed by atoms with Gasteiger partial charge in [0.1, 0.15) is 0 Å². The van der Waals surface area contributed by atoms with Crippen molar-refractivity contribution in [1.82, 2.24) is 9.80 Å². The van der Waals surface area contributed by atoms with Gasteiger partial charge in [-0.2, -0.15) is 0 Å². The number of carbonyl (C=O) groups excluding carboxylic acids is 2. The number of benzene rings is 1. The molecule has 1 aliphatic rings. The quantitative estimate of drug-likeness (QED) is 0.601. The summed E-state index contributed by atoms with van der Waals surface area (Å²) in [6.45, 7) is 6.86. The van der Waals surface area contributed by atoms with Crippen LogP contribution in [0.15, 0.2) is 18.2 Å². The Labute approximate surface area is 172 Å². The minimum atomic E-state index is -0.402. The van der Waals surface area contributed by atoms with Gasteiger partial charge < -0.3 is 29.7 Å². The molecule has 1 fully saturated rings. The summed E-state index contributed by atoms with van der Waals surface area (Å²) in [6.07, 6.45) is 1.59. The first kappa shape index (κ1) is 22.8. The Morgan fingerprint density at radius 3 is 2.59 bits per heavy atom. The lowest BCUT2D eigenvalue weighted by Crippen LogP contribution is -2.41. The summed E-state index contributed by atoms with van der Waals surface area (Å²) in [5.74, 6) is 1.28. The van der Waals surface area contributed by atoms with Crippen molar-refractivity contribution in [1.29, 1.82) is 0 Å². The Balaban J connectivity index is 2.11. The highest BCUT2D eigenvalue weighted by Crippen LogP contribution is 2.29. The molecule has 8 nitrogen and oxygen atoms in total. The summed E-state index contributed by atoms with van der Waals surface area (Å²) in [4.78, 5) is 28.1. The molecule has 0 unspecified atom stereocenters. The molecule has 0 bridgehead atoms. The van der Waals surface area contributed by atoms with E-state index in [9.17, 15) is 9.59 Å². The number of amides is 3. The summed E-state index contributed by atoms with van der Waals surface area (Å²) in [6, 6.07) is 4.86. The van der Waals surface area contributed by atoms with E-state index in [2.05, 4.69) is 0 Å². The minimum Gasteiger partial charge on any atom is -0.493 e. The number of ether oxygens (including phenoxy) is 3. The Morgan fingerprint density at radius 1 is 1.24 bits per heavy atom. The van der Waals surface area contributed by atoms with E-state index in [0.717, 1.165) is 12.8 Å². The number of methoxy groups -OCH3 is 2. The summed E-state index contributed by atoms with van der Waals surface area (Å²) in [5.41, 5.74) is 5.92.